The number of aromatic amines is 1. The van der Waals surface area contributed by atoms with Crippen molar-refractivity contribution in [1.29, 1.82) is 0 Å². The number of halogens is 1. The van der Waals surface area contributed by atoms with E-state index in [1.165, 1.54) is 0 Å². The molecule has 1 atom stereocenters. The first-order valence-corrected chi connectivity index (χ1v) is 7.25. The number of fused-ring (bicyclic) bond motifs is 1. The highest BCUT2D eigenvalue weighted by molar-refractivity contribution is 6.35. The van der Waals surface area contributed by atoms with Crippen LogP contribution in [0, 0.1) is 0 Å². The third kappa shape index (κ3) is 3.03. The Bertz CT molecular complexity index is 708. The van der Waals surface area contributed by atoms with Gasteiger partial charge in [0, 0.05) is 28.7 Å². The topological polar surface area (TPSA) is 66.5 Å². The van der Waals surface area contributed by atoms with Crippen molar-refractivity contribution in [2.75, 3.05) is 13.2 Å². The Kier molecular flexibility index (Phi) is 3.84. The van der Waals surface area contributed by atoms with Crippen molar-refractivity contribution in [3.8, 4) is 0 Å². The van der Waals surface area contributed by atoms with E-state index in [2.05, 4.69) is 15.3 Å². The molecule has 1 amide bonds. The molecule has 0 saturated carbocycles. The summed E-state index contributed by atoms with van der Waals surface area (Å²) < 4.78 is 5.22. The Morgan fingerprint density at radius 3 is 3.19 bits per heavy atom. The van der Waals surface area contributed by atoms with Crippen LogP contribution in [0.2, 0.25) is 5.02 Å². The quantitative estimate of drug-likeness (QED) is 0.910. The molecule has 2 aromatic rings. The van der Waals surface area contributed by atoms with Gasteiger partial charge < -0.3 is 15.0 Å². The molecule has 0 unspecified atom stereocenters. The van der Waals surface area contributed by atoms with Gasteiger partial charge in [0.2, 0.25) is 0 Å². The molecule has 0 spiro atoms. The molecule has 0 fully saturated rings. The lowest BCUT2D eigenvalue weighted by atomic mass is 10.1. The van der Waals surface area contributed by atoms with Crippen LogP contribution in [0.3, 0.4) is 0 Å². The highest BCUT2D eigenvalue weighted by Gasteiger charge is 2.20. The largest absolute Gasteiger partial charge is 0.472 e. The number of hydrogen-bond acceptors (Lipinski definition) is 3. The minimum Gasteiger partial charge on any atom is -0.472 e. The van der Waals surface area contributed by atoms with E-state index in [4.69, 9.17) is 16.3 Å². The molecule has 0 aliphatic carbocycles. The van der Waals surface area contributed by atoms with Gasteiger partial charge in [0.15, 0.2) is 0 Å². The minimum absolute atomic E-state index is 0.0570. The standard InChI is InChI=1S/C15H16ClN3O2/c1-9-8-21-15(19-9)14(20)17-5-4-10-7-18-13-3-2-11(16)6-12(10)13/h2-3,6-7,9,18H,4-5,8H2,1H3,(H,17,20)/t9-/m0/s1. The van der Waals surface area contributed by atoms with Gasteiger partial charge in [-0.1, -0.05) is 11.6 Å². The van der Waals surface area contributed by atoms with E-state index >= 15 is 0 Å². The zero-order chi connectivity index (χ0) is 14.8. The summed E-state index contributed by atoms with van der Waals surface area (Å²) in [4.78, 5) is 19.2. The molecule has 6 heteroatoms. The fourth-order valence-corrected chi connectivity index (χ4v) is 2.51. The third-order valence-corrected chi connectivity index (χ3v) is 3.64. The summed E-state index contributed by atoms with van der Waals surface area (Å²) in [7, 11) is 0. The smallest absolute Gasteiger partial charge is 0.306 e. The molecule has 5 nitrogen and oxygen atoms in total. The molecule has 1 aliphatic heterocycles. The fraction of sp³-hybridized carbons (Fsp3) is 0.333. The number of carbonyl (C=O) groups is 1. The van der Waals surface area contributed by atoms with E-state index in [0.717, 1.165) is 22.9 Å². The molecule has 1 aliphatic rings. The molecule has 2 N–H and O–H groups in total. The summed E-state index contributed by atoms with van der Waals surface area (Å²) in [6.07, 6.45) is 2.66. The van der Waals surface area contributed by atoms with Crippen molar-refractivity contribution in [2.24, 2.45) is 4.99 Å². The maximum atomic E-state index is 11.8. The number of rotatable bonds is 4. The zero-order valence-corrected chi connectivity index (χ0v) is 12.4. The van der Waals surface area contributed by atoms with Crippen LogP contribution in [-0.4, -0.2) is 36.0 Å². The Morgan fingerprint density at radius 2 is 2.43 bits per heavy atom. The highest BCUT2D eigenvalue weighted by atomic mass is 35.5. The van der Waals surface area contributed by atoms with Crippen molar-refractivity contribution < 1.29 is 9.53 Å². The lowest BCUT2D eigenvalue weighted by molar-refractivity contribution is -0.116. The molecule has 1 aromatic heterocycles. The maximum Gasteiger partial charge on any atom is 0.306 e. The fourth-order valence-electron chi connectivity index (χ4n) is 2.34. The Labute approximate surface area is 127 Å². The van der Waals surface area contributed by atoms with Gasteiger partial charge in [0.25, 0.3) is 5.90 Å². The molecule has 0 radical (unpaired) electrons. The monoisotopic (exact) mass is 305 g/mol. The molecule has 0 saturated heterocycles. The van der Waals surface area contributed by atoms with Gasteiger partial charge in [-0.3, -0.25) is 4.79 Å². The average molecular weight is 306 g/mol. The van der Waals surface area contributed by atoms with Gasteiger partial charge in [0.05, 0.1) is 6.04 Å². The van der Waals surface area contributed by atoms with Crippen LogP contribution >= 0.6 is 11.6 Å². The molecule has 21 heavy (non-hydrogen) atoms. The van der Waals surface area contributed by atoms with Crippen molar-refractivity contribution in [3.63, 3.8) is 0 Å². The number of ether oxygens (including phenoxy) is 1. The van der Waals surface area contributed by atoms with E-state index in [1.807, 2.05) is 31.3 Å². The van der Waals surface area contributed by atoms with Gasteiger partial charge in [-0.05, 0) is 37.1 Å². The molecule has 2 heterocycles. The van der Waals surface area contributed by atoms with Gasteiger partial charge >= 0.3 is 5.91 Å². The van der Waals surface area contributed by atoms with Gasteiger partial charge in [0.1, 0.15) is 6.61 Å². The third-order valence-electron chi connectivity index (χ3n) is 3.40. The van der Waals surface area contributed by atoms with Crippen molar-refractivity contribution in [3.05, 3.63) is 35.0 Å². The van der Waals surface area contributed by atoms with Crippen LogP contribution in [0.4, 0.5) is 0 Å². The summed E-state index contributed by atoms with van der Waals surface area (Å²) in [5.74, 6) is -0.0679. The number of carbonyl (C=O) groups excluding carboxylic acids is 1. The van der Waals surface area contributed by atoms with E-state index < -0.39 is 0 Å². The first-order valence-electron chi connectivity index (χ1n) is 6.88. The lowest BCUT2D eigenvalue weighted by Gasteiger charge is -2.04. The molecular weight excluding hydrogens is 290 g/mol. The number of aliphatic imine (C=N–C) groups is 1. The summed E-state index contributed by atoms with van der Waals surface area (Å²) in [6.45, 7) is 2.91. The number of nitrogens with zero attached hydrogens (tertiary/aromatic N) is 1. The summed E-state index contributed by atoms with van der Waals surface area (Å²) in [5, 5.41) is 4.61. The van der Waals surface area contributed by atoms with E-state index in [9.17, 15) is 4.79 Å². The average Bonchev–Trinajstić information content (AvgIpc) is 3.05. The second-order valence-electron chi connectivity index (χ2n) is 5.10. The van der Waals surface area contributed by atoms with Crippen LogP contribution in [0.15, 0.2) is 29.4 Å². The predicted molar refractivity (Wildman–Crippen MR) is 82.9 cm³/mol. The molecule has 1 aromatic carbocycles. The Hall–Kier alpha value is -2.01. The molecular formula is C15H16ClN3O2. The van der Waals surface area contributed by atoms with E-state index in [1.54, 1.807) is 0 Å². The van der Waals surface area contributed by atoms with Gasteiger partial charge in [-0.25, -0.2) is 4.99 Å². The minimum atomic E-state index is -0.253. The number of benzene rings is 1. The molecule has 3 rings (SSSR count). The van der Waals surface area contributed by atoms with Crippen LogP contribution in [0.25, 0.3) is 10.9 Å². The van der Waals surface area contributed by atoms with Crippen LogP contribution < -0.4 is 5.32 Å². The van der Waals surface area contributed by atoms with Gasteiger partial charge in [-0.2, -0.15) is 0 Å². The number of hydrogen-bond donors (Lipinski definition) is 2. The first-order chi connectivity index (χ1) is 10.1. The molecule has 110 valence electrons. The maximum absolute atomic E-state index is 11.8. The summed E-state index contributed by atoms with van der Waals surface area (Å²) >= 11 is 6.02. The predicted octanol–water partition coefficient (Wildman–Crippen LogP) is 2.30. The Balaban J connectivity index is 1.61. The van der Waals surface area contributed by atoms with Crippen LogP contribution in [0.1, 0.15) is 12.5 Å². The second kappa shape index (κ2) is 5.77. The summed E-state index contributed by atoms with van der Waals surface area (Å²) in [6, 6.07) is 5.78. The van der Waals surface area contributed by atoms with Crippen molar-refractivity contribution >= 4 is 34.3 Å². The SMILES string of the molecule is C[C@H]1COC(C(=O)NCCc2c[nH]c3ccc(Cl)cc23)=N1. The first kappa shape index (κ1) is 13.9. The van der Waals surface area contributed by atoms with Gasteiger partial charge in [-0.15, -0.1) is 0 Å². The highest BCUT2D eigenvalue weighted by Crippen LogP contribution is 2.22. The number of aromatic nitrogens is 1. The zero-order valence-electron chi connectivity index (χ0n) is 11.6. The van der Waals surface area contributed by atoms with Crippen molar-refractivity contribution in [2.45, 2.75) is 19.4 Å². The lowest BCUT2D eigenvalue weighted by Crippen LogP contribution is -2.32. The van der Waals surface area contributed by atoms with E-state index in [-0.39, 0.29) is 17.8 Å². The normalized spacial score (nSPS) is 17.6. The number of amides is 1. The number of nitrogens with one attached hydrogen (secondary N) is 2. The van der Waals surface area contributed by atoms with Crippen molar-refractivity contribution in [1.82, 2.24) is 10.3 Å². The molecule has 0 bridgehead atoms. The van der Waals surface area contributed by atoms with Crippen LogP contribution in [0.5, 0.6) is 0 Å². The Morgan fingerprint density at radius 1 is 1.57 bits per heavy atom. The second-order valence-corrected chi connectivity index (χ2v) is 5.54. The van der Waals surface area contributed by atoms with E-state index in [0.29, 0.717) is 18.2 Å². The number of H-pyrrole nitrogens is 1. The van der Waals surface area contributed by atoms with Crippen LogP contribution in [-0.2, 0) is 16.0 Å². The summed E-state index contributed by atoms with van der Waals surface area (Å²) in [5.41, 5.74) is 2.16.